The molecule has 0 aliphatic rings. The number of ether oxygens (including phenoxy) is 2. The number of benzene rings is 1. The molecule has 0 bridgehead atoms. The quantitative estimate of drug-likeness (QED) is 0.595. The third-order valence-electron chi connectivity index (χ3n) is 4.50. The number of rotatable bonds is 5. The fourth-order valence-corrected chi connectivity index (χ4v) is 4.30. The zero-order valence-electron chi connectivity index (χ0n) is 16.9. The molecule has 7 nitrogen and oxygen atoms in total. The van der Waals surface area contributed by atoms with Crippen LogP contribution in [0.15, 0.2) is 35.1 Å². The van der Waals surface area contributed by atoms with Gasteiger partial charge in [0, 0.05) is 0 Å². The summed E-state index contributed by atoms with van der Waals surface area (Å²) in [5, 5.41) is 0.307. The van der Waals surface area contributed by atoms with E-state index in [9.17, 15) is 14.4 Å². The second-order valence-corrected chi connectivity index (χ2v) is 7.86. The fraction of sp³-hybridized carbons (Fsp3) is 0.333. The number of hydrogen-bond acceptors (Lipinski definition) is 7. The average Bonchev–Trinajstić information content (AvgIpc) is 3.01. The van der Waals surface area contributed by atoms with Gasteiger partial charge in [-0.1, -0.05) is 30.3 Å². The number of nitrogens with zero attached hydrogens (tertiary/aromatic N) is 2. The molecule has 29 heavy (non-hydrogen) atoms. The number of methoxy groups -OCH3 is 1. The predicted molar refractivity (Wildman–Crippen MR) is 111 cm³/mol. The summed E-state index contributed by atoms with van der Waals surface area (Å²) in [6.07, 6.45) is -0.278. The number of fused-ring (bicyclic) bond motifs is 1. The van der Waals surface area contributed by atoms with Crippen LogP contribution in [0.3, 0.4) is 0 Å². The second-order valence-electron chi connectivity index (χ2n) is 6.86. The Bertz CT molecular complexity index is 1130. The molecule has 0 amide bonds. The van der Waals surface area contributed by atoms with Crippen LogP contribution in [0.2, 0.25) is 0 Å². The van der Waals surface area contributed by atoms with Crippen LogP contribution in [0.25, 0.3) is 10.2 Å². The van der Waals surface area contributed by atoms with E-state index in [0.29, 0.717) is 32.0 Å². The van der Waals surface area contributed by atoms with Gasteiger partial charge in [0.05, 0.1) is 18.6 Å². The minimum atomic E-state index is -0.976. The SMILES string of the molecule is COC(=O)C(c1ccccc1)n1c(C)nc2sc(C(=O)OC(C)C)c(C)c2c1=O. The highest BCUT2D eigenvalue weighted by Crippen LogP contribution is 2.30. The van der Waals surface area contributed by atoms with E-state index in [2.05, 4.69) is 4.98 Å². The van der Waals surface area contributed by atoms with Crippen molar-refractivity contribution >= 4 is 33.5 Å². The lowest BCUT2D eigenvalue weighted by molar-refractivity contribution is -0.143. The number of thiophene rings is 1. The Morgan fingerprint density at radius 3 is 2.38 bits per heavy atom. The van der Waals surface area contributed by atoms with Crippen LogP contribution in [0.4, 0.5) is 0 Å². The molecule has 2 aromatic heterocycles. The van der Waals surface area contributed by atoms with E-state index in [1.807, 2.05) is 6.07 Å². The summed E-state index contributed by atoms with van der Waals surface area (Å²) >= 11 is 1.12. The minimum Gasteiger partial charge on any atom is -0.467 e. The third-order valence-corrected chi connectivity index (χ3v) is 5.66. The monoisotopic (exact) mass is 414 g/mol. The summed E-state index contributed by atoms with van der Waals surface area (Å²) in [5.41, 5.74) is 0.709. The standard InChI is InChI=1S/C21H22N2O5S/c1-11(2)28-21(26)17-12(3)15-18(29-17)22-13(4)23(19(15)24)16(20(25)27-5)14-9-7-6-8-10-14/h6-11,16H,1-5H3. The van der Waals surface area contributed by atoms with Crippen molar-refractivity contribution in [2.75, 3.05) is 7.11 Å². The van der Waals surface area contributed by atoms with Gasteiger partial charge in [0.2, 0.25) is 0 Å². The predicted octanol–water partition coefficient (Wildman–Crippen LogP) is 3.40. The largest absolute Gasteiger partial charge is 0.467 e. The van der Waals surface area contributed by atoms with E-state index < -0.39 is 23.5 Å². The molecule has 0 aliphatic carbocycles. The molecule has 0 N–H and O–H groups in total. The first kappa shape index (κ1) is 20.7. The lowest BCUT2D eigenvalue weighted by Gasteiger charge is -2.20. The van der Waals surface area contributed by atoms with Gasteiger partial charge in [-0.15, -0.1) is 11.3 Å². The van der Waals surface area contributed by atoms with E-state index in [0.717, 1.165) is 11.3 Å². The number of carbonyl (C=O) groups is 2. The van der Waals surface area contributed by atoms with Crippen molar-refractivity contribution in [2.45, 2.75) is 39.8 Å². The van der Waals surface area contributed by atoms with Gasteiger partial charge in [-0.3, -0.25) is 9.36 Å². The van der Waals surface area contributed by atoms with E-state index in [4.69, 9.17) is 9.47 Å². The average molecular weight is 414 g/mol. The highest BCUT2D eigenvalue weighted by Gasteiger charge is 2.29. The van der Waals surface area contributed by atoms with Gasteiger partial charge in [0.25, 0.3) is 5.56 Å². The summed E-state index contributed by atoms with van der Waals surface area (Å²) < 4.78 is 11.6. The first-order valence-corrected chi connectivity index (χ1v) is 9.93. The van der Waals surface area contributed by atoms with E-state index >= 15 is 0 Å². The normalized spacial score (nSPS) is 12.2. The smallest absolute Gasteiger partial charge is 0.348 e. The van der Waals surface area contributed by atoms with Crippen LogP contribution < -0.4 is 5.56 Å². The van der Waals surface area contributed by atoms with E-state index in [1.54, 1.807) is 52.0 Å². The maximum atomic E-state index is 13.4. The van der Waals surface area contributed by atoms with Gasteiger partial charge in [0.1, 0.15) is 15.5 Å². The number of hydrogen-bond donors (Lipinski definition) is 0. The highest BCUT2D eigenvalue weighted by atomic mass is 32.1. The first-order valence-electron chi connectivity index (χ1n) is 9.12. The van der Waals surface area contributed by atoms with Gasteiger partial charge in [-0.2, -0.15) is 0 Å². The number of esters is 2. The van der Waals surface area contributed by atoms with Crippen LogP contribution >= 0.6 is 11.3 Å². The zero-order valence-corrected chi connectivity index (χ0v) is 17.7. The Hall–Kier alpha value is -3.00. The molecule has 0 spiro atoms. The summed E-state index contributed by atoms with van der Waals surface area (Å²) in [6.45, 7) is 6.86. The Morgan fingerprint density at radius 1 is 1.14 bits per heavy atom. The van der Waals surface area contributed by atoms with Crippen molar-refractivity contribution in [3.8, 4) is 0 Å². The molecular weight excluding hydrogens is 392 g/mol. The summed E-state index contributed by atoms with van der Waals surface area (Å²) in [5.74, 6) is -0.710. The van der Waals surface area contributed by atoms with Crippen molar-refractivity contribution in [2.24, 2.45) is 0 Å². The zero-order chi connectivity index (χ0) is 21.3. The highest BCUT2D eigenvalue weighted by molar-refractivity contribution is 7.20. The van der Waals surface area contributed by atoms with Crippen LogP contribution in [0, 0.1) is 13.8 Å². The van der Waals surface area contributed by atoms with Crippen molar-refractivity contribution in [3.63, 3.8) is 0 Å². The van der Waals surface area contributed by atoms with Crippen LogP contribution in [-0.2, 0) is 14.3 Å². The molecule has 1 unspecified atom stereocenters. The third kappa shape index (κ3) is 3.80. The maximum absolute atomic E-state index is 13.4. The summed E-state index contributed by atoms with van der Waals surface area (Å²) in [7, 11) is 1.28. The van der Waals surface area contributed by atoms with Crippen molar-refractivity contribution in [1.29, 1.82) is 0 Å². The Kier molecular flexibility index (Phi) is 5.83. The molecule has 3 aromatic rings. The molecule has 0 saturated heterocycles. The Labute approximate surface area is 171 Å². The van der Waals surface area contributed by atoms with Gasteiger partial charge in [0.15, 0.2) is 6.04 Å². The van der Waals surface area contributed by atoms with Crippen LogP contribution in [-0.4, -0.2) is 34.7 Å². The molecule has 0 radical (unpaired) electrons. The van der Waals surface area contributed by atoms with Gasteiger partial charge >= 0.3 is 11.9 Å². The van der Waals surface area contributed by atoms with Gasteiger partial charge in [-0.05, 0) is 38.8 Å². The Morgan fingerprint density at radius 2 is 1.79 bits per heavy atom. The molecule has 0 fully saturated rings. The molecule has 152 valence electrons. The summed E-state index contributed by atoms with van der Waals surface area (Å²) in [6, 6.07) is 7.93. The molecule has 1 aromatic carbocycles. The van der Waals surface area contributed by atoms with Crippen LogP contribution in [0.1, 0.15) is 46.5 Å². The van der Waals surface area contributed by atoms with Crippen molar-refractivity contribution in [1.82, 2.24) is 9.55 Å². The topological polar surface area (TPSA) is 87.5 Å². The van der Waals surface area contributed by atoms with E-state index in [1.165, 1.54) is 11.7 Å². The number of carbonyl (C=O) groups excluding carboxylic acids is 2. The van der Waals surface area contributed by atoms with Crippen molar-refractivity contribution in [3.05, 3.63) is 62.5 Å². The fourth-order valence-electron chi connectivity index (χ4n) is 3.20. The molecular formula is C21H22N2O5S. The van der Waals surface area contributed by atoms with Gasteiger partial charge in [-0.25, -0.2) is 14.6 Å². The number of aromatic nitrogens is 2. The first-order chi connectivity index (χ1) is 13.8. The molecule has 0 aliphatic heterocycles. The van der Waals surface area contributed by atoms with Crippen LogP contribution in [0.5, 0.6) is 0 Å². The maximum Gasteiger partial charge on any atom is 0.348 e. The van der Waals surface area contributed by atoms with Crippen molar-refractivity contribution < 1.29 is 19.1 Å². The molecule has 1 atom stereocenters. The minimum absolute atomic E-state index is 0.278. The summed E-state index contributed by atoms with van der Waals surface area (Å²) in [4.78, 5) is 43.7. The van der Waals surface area contributed by atoms with Gasteiger partial charge < -0.3 is 9.47 Å². The lowest BCUT2D eigenvalue weighted by atomic mass is 10.1. The van der Waals surface area contributed by atoms with E-state index in [-0.39, 0.29) is 6.10 Å². The molecule has 0 saturated carbocycles. The molecule has 8 heteroatoms. The lowest BCUT2D eigenvalue weighted by Crippen LogP contribution is -2.34. The molecule has 3 rings (SSSR count). The number of aryl methyl sites for hydroxylation is 2. The molecule has 2 heterocycles. The Balaban J connectivity index is 2.26. The second kappa shape index (κ2) is 8.16.